The van der Waals surface area contributed by atoms with E-state index in [4.69, 9.17) is 10.1 Å². The summed E-state index contributed by atoms with van der Waals surface area (Å²) in [5.74, 6) is 0.0515. The van der Waals surface area contributed by atoms with Crippen LogP contribution in [0.1, 0.15) is 25.6 Å². The quantitative estimate of drug-likeness (QED) is 0.323. The average Bonchev–Trinajstić information content (AvgIpc) is 2.88. The molecule has 0 aliphatic heterocycles. The molecule has 8 heteroatoms. The average molecular weight is 459 g/mol. The minimum atomic E-state index is -0.613. The first-order valence-corrected chi connectivity index (χ1v) is 11.0. The summed E-state index contributed by atoms with van der Waals surface area (Å²) >= 11 is 8.24. The van der Waals surface area contributed by atoms with Crippen molar-refractivity contribution >= 4 is 62.7 Å². The van der Waals surface area contributed by atoms with Gasteiger partial charge in [-0.3, -0.25) is 10.7 Å². The monoisotopic (exact) mass is 458 g/mol. The van der Waals surface area contributed by atoms with Crippen LogP contribution >= 0.6 is 50.8 Å². The Morgan fingerprint density at radius 3 is 2.64 bits per heavy atom. The summed E-state index contributed by atoms with van der Waals surface area (Å²) in [6.45, 7) is 5.37. The van der Waals surface area contributed by atoms with Gasteiger partial charge in [0, 0.05) is 14.3 Å². The number of rotatable bonds is 4. The molecular weight excluding hydrogens is 440 g/mol. The molecule has 1 amide bonds. The van der Waals surface area contributed by atoms with Crippen molar-refractivity contribution in [3.05, 3.63) is 39.7 Å². The highest BCUT2D eigenvalue weighted by Crippen LogP contribution is 2.41. The zero-order valence-corrected chi connectivity index (χ0v) is 18.3. The Bertz CT molecular complexity index is 784. The number of amidine groups is 1. The SMILES string of the molecule is CSc1sc(C(=N)NC(=O)OC(C)(C)C)cc1Sc1cccc(Br)c1. The van der Waals surface area contributed by atoms with Crippen molar-refractivity contribution < 1.29 is 9.53 Å². The lowest BCUT2D eigenvalue weighted by Gasteiger charge is -2.19. The maximum atomic E-state index is 11.8. The van der Waals surface area contributed by atoms with Crippen molar-refractivity contribution in [2.24, 2.45) is 0 Å². The summed E-state index contributed by atoms with van der Waals surface area (Å²) in [6, 6.07) is 10.0. The van der Waals surface area contributed by atoms with Gasteiger partial charge in [0.25, 0.3) is 0 Å². The van der Waals surface area contributed by atoms with Gasteiger partial charge in [0.15, 0.2) is 0 Å². The lowest BCUT2D eigenvalue weighted by atomic mass is 10.2. The van der Waals surface area contributed by atoms with E-state index in [2.05, 4.69) is 27.3 Å². The van der Waals surface area contributed by atoms with Gasteiger partial charge < -0.3 is 4.74 Å². The molecule has 0 spiro atoms. The number of benzene rings is 1. The van der Waals surface area contributed by atoms with Crippen molar-refractivity contribution in [2.45, 2.75) is 40.4 Å². The Hall–Kier alpha value is -0.960. The Kier molecular flexibility index (Phi) is 7.01. The van der Waals surface area contributed by atoms with E-state index in [-0.39, 0.29) is 5.84 Å². The molecule has 2 N–H and O–H groups in total. The third kappa shape index (κ3) is 6.36. The van der Waals surface area contributed by atoms with Crippen LogP contribution < -0.4 is 5.32 Å². The number of thioether (sulfide) groups is 1. The summed E-state index contributed by atoms with van der Waals surface area (Å²) < 4.78 is 7.33. The third-order valence-corrected chi connectivity index (χ3v) is 6.82. The molecular formula is C17H19BrN2O2S3. The number of carbonyl (C=O) groups excluding carboxylic acids is 1. The van der Waals surface area contributed by atoms with Crippen LogP contribution in [0.3, 0.4) is 0 Å². The first-order valence-electron chi connectivity index (χ1n) is 7.38. The van der Waals surface area contributed by atoms with E-state index < -0.39 is 11.7 Å². The minimum Gasteiger partial charge on any atom is -0.444 e. The van der Waals surface area contributed by atoms with Crippen molar-refractivity contribution in [1.29, 1.82) is 5.41 Å². The molecule has 0 aliphatic rings. The maximum absolute atomic E-state index is 11.8. The molecule has 0 fully saturated rings. The second kappa shape index (κ2) is 8.62. The van der Waals surface area contributed by atoms with E-state index >= 15 is 0 Å². The van der Waals surface area contributed by atoms with Gasteiger partial charge in [-0.25, -0.2) is 4.79 Å². The van der Waals surface area contributed by atoms with E-state index in [0.717, 1.165) is 18.5 Å². The largest absolute Gasteiger partial charge is 0.444 e. The van der Waals surface area contributed by atoms with E-state index in [0.29, 0.717) is 4.88 Å². The zero-order valence-electron chi connectivity index (χ0n) is 14.3. The van der Waals surface area contributed by atoms with Gasteiger partial charge in [-0.1, -0.05) is 33.8 Å². The topological polar surface area (TPSA) is 62.2 Å². The lowest BCUT2D eigenvalue weighted by molar-refractivity contribution is 0.0563. The van der Waals surface area contributed by atoms with Crippen LogP contribution in [0.25, 0.3) is 0 Å². The molecule has 0 aliphatic carbocycles. The van der Waals surface area contributed by atoms with E-state index in [1.165, 1.54) is 11.3 Å². The van der Waals surface area contributed by atoms with Crippen LogP contribution in [0.4, 0.5) is 4.79 Å². The van der Waals surface area contributed by atoms with E-state index in [1.54, 1.807) is 44.3 Å². The Morgan fingerprint density at radius 2 is 2.04 bits per heavy atom. The highest BCUT2D eigenvalue weighted by Gasteiger charge is 2.19. The molecule has 0 radical (unpaired) electrons. The number of carbonyl (C=O) groups is 1. The molecule has 1 aromatic carbocycles. The standard InChI is InChI=1S/C17H19BrN2O2S3/c1-17(2,3)22-16(21)20-14(19)12-9-13(15(23-4)25-12)24-11-7-5-6-10(18)8-11/h5-9H,1-4H3,(H2,19,20,21). The fourth-order valence-electron chi connectivity index (χ4n) is 1.82. The normalized spacial score (nSPS) is 11.2. The second-order valence-corrected chi connectivity index (χ2v) is 10.2. The summed E-state index contributed by atoms with van der Waals surface area (Å²) in [4.78, 5) is 14.7. The van der Waals surface area contributed by atoms with Crippen LogP contribution in [0.2, 0.25) is 0 Å². The highest BCUT2D eigenvalue weighted by atomic mass is 79.9. The van der Waals surface area contributed by atoms with E-state index in [9.17, 15) is 4.79 Å². The van der Waals surface area contributed by atoms with Crippen LogP contribution in [-0.4, -0.2) is 23.8 Å². The third-order valence-electron chi connectivity index (χ3n) is 2.75. The lowest BCUT2D eigenvalue weighted by Crippen LogP contribution is -2.36. The first kappa shape index (κ1) is 20.4. The van der Waals surface area contributed by atoms with Gasteiger partial charge >= 0.3 is 6.09 Å². The first-order chi connectivity index (χ1) is 11.7. The van der Waals surface area contributed by atoms with Crippen LogP contribution in [0.5, 0.6) is 0 Å². The van der Waals surface area contributed by atoms with Crippen LogP contribution in [-0.2, 0) is 4.74 Å². The molecule has 0 bridgehead atoms. The summed E-state index contributed by atoms with van der Waals surface area (Å²) in [5.41, 5.74) is -0.591. The number of alkyl carbamates (subject to hydrolysis) is 1. The predicted molar refractivity (Wildman–Crippen MR) is 111 cm³/mol. The predicted octanol–water partition coefficient (Wildman–Crippen LogP) is 6.23. The number of halogens is 1. The number of nitrogens with one attached hydrogen (secondary N) is 2. The van der Waals surface area contributed by atoms with Crippen molar-refractivity contribution in [3.8, 4) is 0 Å². The maximum Gasteiger partial charge on any atom is 0.413 e. The van der Waals surface area contributed by atoms with E-state index in [1.807, 2.05) is 30.5 Å². The van der Waals surface area contributed by atoms with Crippen molar-refractivity contribution in [3.63, 3.8) is 0 Å². The fraction of sp³-hybridized carbons (Fsp3) is 0.294. The smallest absolute Gasteiger partial charge is 0.413 e. The van der Waals surface area contributed by atoms with Gasteiger partial charge in [0.2, 0.25) is 0 Å². The van der Waals surface area contributed by atoms with Gasteiger partial charge in [0.05, 0.1) is 9.09 Å². The van der Waals surface area contributed by atoms with Crippen molar-refractivity contribution in [2.75, 3.05) is 6.26 Å². The molecule has 0 unspecified atom stereocenters. The molecule has 2 rings (SSSR count). The number of hydrogen-bond acceptors (Lipinski definition) is 6. The number of thiophene rings is 1. The summed E-state index contributed by atoms with van der Waals surface area (Å²) in [6.07, 6.45) is 1.39. The van der Waals surface area contributed by atoms with Crippen molar-refractivity contribution in [1.82, 2.24) is 5.32 Å². The molecule has 25 heavy (non-hydrogen) atoms. The van der Waals surface area contributed by atoms with Gasteiger partial charge in [0.1, 0.15) is 11.4 Å². The van der Waals surface area contributed by atoms with Crippen LogP contribution in [0, 0.1) is 5.41 Å². The molecule has 0 atom stereocenters. The molecule has 4 nitrogen and oxygen atoms in total. The molecule has 1 heterocycles. The van der Waals surface area contributed by atoms with Gasteiger partial charge in [-0.2, -0.15) is 0 Å². The highest BCUT2D eigenvalue weighted by molar-refractivity contribution is 9.10. The second-order valence-electron chi connectivity index (χ2n) is 6.03. The number of ether oxygens (including phenoxy) is 1. The molecule has 2 aromatic rings. The fourth-order valence-corrected chi connectivity index (χ4v) is 5.47. The minimum absolute atomic E-state index is 0.0515. The number of hydrogen-bond donors (Lipinski definition) is 2. The Balaban J connectivity index is 2.13. The number of amides is 1. The molecule has 134 valence electrons. The molecule has 1 aromatic heterocycles. The Labute approximate surface area is 168 Å². The molecule has 0 saturated carbocycles. The summed E-state index contributed by atoms with van der Waals surface area (Å²) in [7, 11) is 0. The van der Waals surface area contributed by atoms with Gasteiger partial charge in [-0.05, 0) is 51.3 Å². The zero-order chi connectivity index (χ0) is 18.6. The summed E-state index contributed by atoms with van der Waals surface area (Å²) in [5, 5.41) is 10.6. The molecule has 0 saturated heterocycles. The van der Waals surface area contributed by atoms with Crippen LogP contribution in [0.15, 0.2) is 48.8 Å². The van der Waals surface area contributed by atoms with Gasteiger partial charge in [-0.15, -0.1) is 23.1 Å². The Morgan fingerprint density at radius 1 is 1.32 bits per heavy atom.